The van der Waals surface area contributed by atoms with Gasteiger partial charge in [-0.15, -0.1) is 0 Å². The lowest BCUT2D eigenvalue weighted by atomic mass is 10.1. The van der Waals surface area contributed by atoms with Crippen molar-refractivity contribution in [2.75, 3.05) is 25.0 Å². The highest BCUT2D eigenvalue weighted by molar-refractivity contribution is 5.94. The van der Waals surface area contributed by atoms with Gasteiger partial charge in [0.25, 0.3) is 11.6 Å². The van der Waals surface area contributed by atoms with Crippen molar-refractivity contribution < 1.29 is 14.5 Å². The summed E-state index contributed by atoms with van der Waals surface area (Å²) in [6.07, 6.45) is 0.00821. The number of aryl methyl sites for hydroxylation is 1. The van der Waals surface area contributed by atoms with Crippen molar-refractivity contribution in [2.24, 2.45) is 0 Å². The Hall–Kier alpha value is -1.99. The van der Waals surface area contributed by atoms with Crippen LogP contribution in [-0.4, -0.2) is 36.6 Å². The fourth-order valence-corrected chi connectivity index (χ4v) is 2.07. The van der Waals surface area contributed by atoms with Gasteiger partial charge in [0.05, 0.1) is 11.5 Å². The average Bonchev–Trinajstić information content (AvgIpc) is 2.48. The minimum atomic E-state index is -0.561. The maximum Gasteiger partial charge on any atom is 0.274 e. The summed E-state index contributed by atoms with van der Waals surface area (Å²) >= 11 is 0. The normalized spacial score (nSPS) is 18.6. The van der Waals surface area contributed by atoms with Gasteiger partial charge in [0.2, 0.25) is 0 Å². The number of hydrogen-bond donors (Lipinski definition) is 2. The van der Waals surface area contributed by atoms with Crippen LogP contribution in [0.15, 0.2) is 18.2 Å². The van der Waals surface area contributed by atoms with Crippen molar-refractivity contribution in [3.05, 3.63) is 33.9 Å². The van der Waals surface area contributed by atoms with Crippen LogP contribution in [0.5, 0.6) is 0 Å². The van der Waals surface area contributed by atoms with Crippen molar-refractivity contribution in [1.82, 2.24) is 5.32 Å². The van der Waals surface area contributed by atoms with Crippen LogP contribution in [0.25, 0.3) is 0 Å². The first kappa shape index (κ1) is 14.4. The van der Waals surface area contributed by atoms with Gasteiger partial charge in [0, 0.05) is 30.4 Å². The molecule has 20 heavy (non-hydrogen) atoms. The number of nitrogens with one attached hydrogen (secondary N) is 2. The second-order valence-corrected chi connectivity index (χ2v) is 4.51. The molecule has 1 aliphatic heterocycles. The van der Waals surface area contributed by atoms with Gasteiger partial charge in [-0.25, -0.2) is 0 Å². The van der Waals surface area contributed by atoms with Crippen molar-refractivity contribution in [1.29, 1.82) is 0 Å². The number of hydrogen-bond acceptors (Lipinski definition) is 5. The first-order valence-electron chi connectivity index (χ1n) is 6.52. The number of nitrogens with zero attached hydrogens (tertiary/aromatic N) is 1. The van der Waals surface area contributed by atoms with Crippen LogP contribution in [0.4, 0.5) is 11.4 Å². The molecule has 1 aliphatic rings. The molecule has 0 aliphatic carbocycles. The van der Waals surface area contributed by atoms with E-state index in [1.807, 2.05) is 6.92 Å². The number of rotatable bonds is 4. The van der Waals surface area contributed by atoms with Crippen LogP contribution in [0.2, 0.25) is 0 Å². The second kappa shape index (κ2) is 6.44. The third-order valence-electron chi connectivity index (χ3n) is 3.15. The van der Waals surface area contributed by atoms with Crippen molar-refractivity contribution in [3.8, 4) is 0 Å². The zero-order valence-electron chi connectivity index (χ0n) is 11.2. The van der Waals surface area contributed by atoms with E-state index in [0.29, 0.717) is 30.8 Å². The van der Waals surface area contributed by atoms with Crippen LogP contribution >= 0.6 is 0 Å². The van der Waals surface area contributed by atoms with E-state index in [1.165, 1.54) is 6.07 Å². The van der Waals surface area contributed by atoms with E-state index in [1.54, 1.807) is 12.1 Å². The number of morpholine rings is 1. The van der Waals surface area contributed by atoms with Crippen molar-refractivity contribution in [3.63, 3.8) is 0 Å². The number of carbonyl (C=O) groups is 1. The van der Waals surface area contributed by atoms with Gasteiger partial charge in [-0.3, -0.25) is 14.9 Å². The molecule has 1 aromatic rings. The van der Waals surface area contributed by atoms with Gasteiger partial charge in [-0.2, -0.15) is 0 Å². The minimum Gasteiger partial charge on any atom is -0.366 e. The molecule has 7 heteroatoms. The summed E-state index contributed by atoms with van der Waals surface area (Å²) in [5, 5.41) is 16.7. The number of nitro benzene ring substituents is 1. The van der Waals surface area contributed by atoms with Crippen LogP contribution in [0.1, 0.15) is 12.5 Å². The molecule has 108 valence electrons. The van der Waals surface area contributed by atoms with Crippen LogP contribution < -0.4 is 10.6 Å². The smallest absolute Gasteiger partial charge is 0.274 e. The maximum absolute atomic E-state index is 12.0. The van der Waals surface area contributed by atoms with Crippen LogP contribution in [0, 0.1) is 10.1 Å². The Morgan fingerprint density at radius 1 is 1.60 bits per heavy atom. The fraction of sp³-hybridized carbons (Fsp3) is 0.462. The summed E-state index contributed by atoms with van der Waals surface area (Å²) in [7, 11) is 0. The van der Waals surface area contributed by atoms with Gasteiger partial charge in [0.15, 0.2) is 0 Å². The van der Waals surface area contributed by atoms with Gasteiger partial charge in [-0.05, 0) is 12.5 Å². The van der Waals surface area contributed by atoms with Crippen LogP contribution in [0.3, 0.4) is 0 Å². The Bertz CT molecular complexity index is 512. The summed E-state index contributed by atoms with van der Waals surface area (Å²) in [4.78, 5) is 22.5. The Balaban J connectivity index is 2.10. The topological polar surface area (TPSA) is 93.5 Å². The lowest BCUT2D eigenvalue weighted by Crippen LogP contribution is -2.45. The van der Waals surface area contributed by atoms with Gasteiger partial charge in [0.1, 0.15) is 6.10 Å². The maximum atomic E-state index is 12.0. The van der Waals surface area contributed by atoms with Gasteiger partial charge < -0.3 is 15.4 Å². The molecular weight excluding hydrogens is 262 g/mol. The van der Waals surface area contributed by atoms with E-state index < -0.39 is 11.0 Å². The Labute approximate surface area is 116 Å². The first-order chi connectivity index (χ1) is 9.61. The largest absolute Gasteiger partial charge is 0.366 e. The van der Waals surface area contributed by atoms with E-state index in [4.69, 9.17) is 4.74 Å². The quantitative estimate of drug-likeness (QED) is 0.635. The zero-order valence-corrected chi connectivity index (χ0v) is 11.2. The van der Waals surface area contributed by atoms with Crippen molar-refractivity contribution >= 4 is 17.3 Å². The molecule has 1 amide bonds. The molecule has 1 atom stereocenters. The first-order valence-corrected chi connectivity index (χ1v) is 6.52. The van der Waals surface area contributed by atoms with E-state index in [9.17, 15) is 14.9 Å². The monoisotopic (exact) mass is 279 g/mol. The highest BCUT2D eigenvalue weighted by atomic mass is 16.6. The molecule has 0 spiro atoms. The van der Waals surface area contributed by atoms with E-state index in [0.717, 1.165) is 6.54 Å². The van der Waals surface area contributed by atoms with E-state index in [2.05, 4.69) is 10.6 Å². The molecule has 1 unspecified atom stereocenters. The molecule has 1 saturated heterocycles. The standard InChI is InChI=1S/C13H17N3O4/c1-2-9-3-4-10(7-11(9)16(18)19)15-13(17)12-8-14-5-6-20-12/h3-4,7,12,14H,2,5-6,8H2,1H3,(H,15,17). The van der Waals surface area contributed by atoms with E-state index >= 15 is 0 Å². The second-order valence-electron chi connectivity index (χ2n) is 4.51. The third kappa shape index (κ3) is 3.31. The molecule has 1 fully saturated rings. The molecule has 2 N–H and O–H groups in total. The Morgan fingerprint density at radius 2 is 2.40 bits per heavy atom. The molecule has 7 nitrogen and oxygen atoms in total. The molecule has 1 heterocycles. The number of ether oxygens (including phenoxy) is 1. The summed E-state index contributed by atoms with van der Waals surface area (Å²) in [5.74, 6) is -0.296. The zero-order chi connectivity index (χ0) is 14.5. The van der Waals surface area contributed by atoms with Crippen LogP contribution in [-0.2, 0) is 16.0 Å². The van der Waals surface area contributed by atoms with Gasteiger partial charge >= 0.3 is 0 Å². The summed E-state index contributed by atoms with van der Waals surface area (Å²) in [6, 6.07) is 4.71. The Morgan fingerprint density at radius 3 is 3.00 bits per heavy atom. The summed E-state index contributed by atoms with van der Waals surface area (Å²) in [6.45, 7) is 3.50. The molecule has 0 radical (unpaired) electrons. The molecule has 0 bridgehead atoms. The number of carbonyl (C=O) groups excluding carboxylic acids is 1. The van der Waals surface area contributed by atoms with E-state index in [-0.39, 0.29) is 11.6 Å². The molecule has 0 saturated carbocycles. The Kier molecular flexibility index (Phi) is 4.65. The molecule has 1 aromatic carbocycles. The van der Waals surface area contributed by atoms with Crippen molar-refractivity contribution in [2.45, 2.75) is 19.4 Å². The minimum absolute atomic E-state index is 0.0213. The predicted octanol–water partition coefficient (Wildman–Crippen LogP) is 1.08. The SMILES string of the molecule is CCc1ccc(NC(=O)C2CNCCO2)cc1[N+](=O)[O-]. The number of amides is 1. The number of anilines is 1. The fourth-order valence-electron chi connectivity index (χ4n) is 2.07. The lowest BCUT2D eigenvalue weighted by molar-refractivity contribution is -0.385. The predicted molar refractivity (Wildman–Crippen MR) is 73.7 cm³/mol. The van der Waals surface area contributed by atoms with Gasteiger partial charge in [-0.1, -0.05) is 13.0 Å². The highest BCUT2D eigenvalue weighted by Gasteiger charge is 2.22. The highest BCUT2D eigenvalue weighted by Crippen LogP contribution is 2.23. The summed E-state index contributed by atoms with van der Waals surface area (Å²) < 4.78 is 5.33. The average molecular weight is 279 g/mol. The lowest BCUT2D eigenvalue weighted by Gasteiger charge is -2.22. The number of benzene rings is 1. The molecule has 0 aromatic heterocycles. The number of nitro groups is 1. The molecule has 2 rings (SSSR count). The molecular formula is C13H17N3O4. The summed E-state index contributed by atoms with van der Waals surface area (Å²) in [5.41, 5.74) is 1.07. The third-order valence-corrected chi connectivity index (χ3v) is 3.15.